The van der Waals surface area contributed by atoms with Crippen LogP contribution in [0.1, 0.15) is 67.2 Å². The predicted molar refractivity (Wildman–Crippen MR) is 118 cm³/mol. The van der Waals surface area contributed by atoms with E-state index in [1.807, 2.05) is 6.26 Å². The van der Waals surface area contributed by atoms with Gasteiger partial charge in [-0.2, -0.15) is 0 Å². The van der Waals surface area contributed by atoms with E-state index in [1.54, 1.807) is 7.11 Å². The van der Waals surface area contributed by atoms with Crippen molar-refractivity contribution in [2.75, 3.05) is 13.9 Å². The molecule has 0 radical (unpaired) electrons. The van der Waals surface area contributed by atoms with Crippen molar-refractivity contribution in [3.8, 4) is 0 Å². The molecule has 0 aromatic rings. The molecule has 6 aliphatic rings. The molecule has 28 heavy (non-hydrogen) atoms. The van der Waals surface area contributed by atoms with Crippen molar-refractivity contribution in [3.05, 3.63) is 12.3 Å². The van der Waals surface area contributed by atoms with Gasteiger partial charge in [-0.05, 0) is 59.2 Å². The fourth-order valence-electron chi connectivity index (χ4n) is 8.56. The second kappa shape index (κ2) is 7.36. The monoisotopic (exact) mass is 386 g/mol. The average Bonchev–Trinajstić information content (AvgIpc) is 2.65. The first-order valence-corrected chi connectivity index (χ1v) is 11.9. The van der Waals surface area contributed by atoms with Crippen LogP contribution in [0.15, 0.2) is 12.3 Å². The van der Waals surface area contributed by atoms with Crippen LogP contribution in [0.2, 0.25) is 18.0 Å². The number of rotatable bonds is 7. The molecule has 2 nitrogen and oxygen atoms in total. The summed E-state index contributed by atoms with van der Waals surface area (Å²) in [5.41, 5.74) is 1.17. The molecule has 0 heterocycles. The highest BCUT2D eigenvalue weighted by Crippen LogP contribution is 2.69. The Balaban J connectivity index is 1.51. The maximum absolute atomic E-state index is 5.48. The van der Waals surface area contributed by atoms with Gasteiger partial charge < -0.3 is 9.47 Å². The van der Waals surface area contributed by atoms with Crippen LogP contribution in [0.5, 0.6) is 0 Å². The minimum absolute atomic E-state index is 0.359. The van der Waals surface area contributed by atoms with Crippen molar-refractivity contribution in [1.29, 1.82) is 0 Å². The van der Waals surface area contributed by atoms with Crippen LogP contribution >= 0.6 is 0 Å². The van der Waals surface area contributed by atoms with Gasteiger partial charge in [-0.25, -0.2) is 0 Å². The summed E-state index contributed by atoms with van der Waals surface area (Å²) in [6.45, 7) is 16.5. The minimum atomic E-state index is 0.359. The molecule has 6 rings (SSSR count). The van der Waals surface area contributed by atoms with Crippen LogP contribution in [0.25, 0.3) is 0 Å². The molecule has 0 N–H and O–H groups in total. The second-order valence-electron chi connectivity index (χ2n) is 12.1. The molecular weight excluding hydrogens is 343 g/mol. The molecule has 6 saturated carbocycles. The van der Waals surface area contributed by atoms with Gasteiger partial charge in [-0.3, -0.25) is 0 Å². The molecule has 0 amide bonds. The Hall–Kier alpha value is -0.435. The van der Waals surface area contributed by atoms with Crippen LogP contribution in [0.4, 0.5) is 0 Å². The van der Waals surface area contributed by atoms with Gasteiger partial charge in [0.15, 0.2) is 13.5 Å². The molecule has 4 bridgehead atoms. The number of ether oxygens (including phenoxy) is 2. The Morgan fingerprint density at radius 2 is 1.36 bits per heavy atom. The summed E-state index contributed by atoms with van der Waals surface area (Å²) in [5, 5.41) is 0. The molecule has 8 atom stereocenters. The first-order valence-electron chi connectivity index (χ1n) is 11.9. The smallest absolute Gasteiger partial charge is 0.187 e. The molecule has 6 aliphatic carbocycles. The SMILES string of the molecule is COCO/C=C/CB([C@H]1C[C@@H]2C[C@@H]([C@@H]1C)C2(C)C)[C@H]1C[C@@H]2C[C@@H]([C@@H]1C)C2(C)C. The van der Waals surface area contributed by atoms with E-state index in [-0.39, 0.29) is 0 Å². The Morgan fingerprint density at radius 3 is 1.75 bits per heavy atom. The van der Waals surface area contributed by atoms with Gasteiger partial charge in [0.25, 0.3) is 0 Å². The van der Waals surface area contributed by atoms with Crippen molar-refractivity contribution in [2.24, 2.45) is 46.3 Å². The van der Waals surface area contributed by atoms with E-state index < -0.39 is 0 Å². The van der Waals surface area contributed by atoms with Crippen molar-refractivity contribution < 1.29 is 9.47 Å². The summed E-state index contributed by atoms with van der Waals surface area (Å²) in [5.74, 6) is 7.34. The van der Waals surface area contributed by atoms with Gasteiger partial charge in [0, 0.05) is 7.11 Å². The molecule has 158 valence electrons. The standard InChI is InChI=1S/C25H43BO2/c1-16-20-11-18(24(20,3)4)13-22(16)26(9-8-10-28-15-27-7)23-14-19-12-21(17(23)2)25(19,5)6/h8,10,16-23H,9,11-15H2,1-7H3/b10-8+/t16-,17-,18-,19-,20-,21-,22-,23-/m0/s1. The molecule has 0 saturated heterocycles. The van der Waals surface area contributed by atoms with Crippen molar-refractivity contribution in [1.82, 2.24) is 0 Å². The Labute approximate surface area is 174 Å². The lowest BCUT2D eigenvalue weighted by molar-refractivity contribution is -0.107. The van der Waals surface area contributed by atoms with Crippen molar-refractivity contribution >= 4 is 6.71 Å². The minimum Gasteiger partial charge on any atom is -0.476 e. The molecule has 6 fully saturated rings. The van der Waals surface area contributed by atoms with Gasteiger partial charge in [0.05, 0.1) is 6.26 Å². The quantitative estimate of drug-likeness (QED) is 0.208. The molecule has 0 aromatic heterocycles. The number of hydrogen-bond donors (Lipinski definition) is 0. The number of allylic oxidation sites excluding steroid dienone is 1. The lowest BCUT2D eigenvalue weighted by Crippen LogP contribution is -2.59. The maximum Gasteiger partial charge on any atom is 0.187 e. The Morgan fingerprint density at radius 1 is 0.857 bits per heavy atom. The summed E-state index contributed by atoms with van der Waals surface area (Å²) >= 11 is 0. The van der Waals surface area contributed by atoms with E-state index in [2.05, 4.69) is 47.6 Å². The largest absolute Gasteiger partial charge is 0.476 e. The summed E-state index contributed by atoms with van der Waals surface area (Å²) in [7, 11) is 1.69. The lowest BCUT2D eigenvalue weighted by atomic mass is 9.20. The third-order valence-electron chi connectivity index (χ3n) is 10.7. The average molecular weight is 386 g/mol. The van der Waals surface area contributed by atoms with Crippen LogP contribution in [-0.2, 0) is 9.47 Å². The third-order valence-corrected chi connectivity index (χ3v) is 10.7. The molecule has 0 aromatic carbocycles. The number of fused-ring (bicyclic) bond motifs is 4. The van der Waals surface area contributed by atoms with E-state index in [1.165, 1.54) is 32.0 Å². The van der Waals surface area contributed by atoms with E-state index in [0.29, 0.717) is 17.6 Å². The van der Waals surface area contributed by atoms with Gasteiger partial charge in [-0.1, -0.05) is 78.4 Å². The highest BCUT2D eigenvalue weighted by molar-refractivity contribution is 6.62. The molecule has 0 spiro atoms. The number of methoxy groups -OCH3 is 1. The Bertz CT molecular complexity index is 555. The highest BCUT2D eigenvalue weighted by atomic mass is 16.7. The third kappa shape index (κ3) is 3.10. The van der Waals surface area contributed by atoms with Crippen LogP contribution in [0, 0.1) is 46.3 Å². The Kier molecular flexibility index (Phi) is 5.47. The lowest BCUT2D eigenvalue weighted by Gasteiger charge is -2.66. The van der Waals surface area contributed by atoms with Crippen LogP contribution in [0.3, 0.4) is 0 Å². The number of hydrogen-bond acceptors (Lipinski definition) is 2. The summed E-state index contributed by atoms with van der Waals surface area (Å²) < 4.78 is 10.5. The first-order chi connectivity index (χ1) is 13.2. The van der Waals surface area contributed by atoms with Crippen molar-refractivity contribution in [3.63, 3.8) is 0 Å². The van der Waals surface area contributed by atoms with E-state index in [4.69, 9.17) is 9.47 Å². The normalized spacial score (nSPS) is 45.2. The summed E-state index contributed by atoms with van der Waals surface area (Å²) in [4.78, 5) is 0. The van der Waals surface area contributed by atoms with Gasteiger partial charge in [0.2, 0.25) is 0 Å². The van der Waals surface area contributed by atoms with E-state index in [0.717, 1.165) is 53.9 Å². The fraction of sp³-hybridized carbons (Fsp3) is 0.920. The predicted octanol–water partition coefficient (Wildman–Crippen LogP) is 6.76. The van der Waals surface area contributed by atoms with Crippen molar-refractivity contribution in [2.45, 2.75) is 85.2 Å². The zero-order valence-electron chi connectivity index (χ0n) is 19.4. The van der Waals surface area contributed by atoms with Gasteiger partial charge in [0.1, 0.15) is 0 Å². The van der Waals surface area contributed by atoms with E-state index in [9.17, 15) is 0 Å². The zero-order valence-corrected chi connectivity index (χ0v) is 19.4. The molecule has 0 aliphatic heterocycles. The second-order valence-corrected chi connectivity index (χ2v) is 12.1. The van der Waals surface area contributed by atoms with Gasteiger partial charge >= 0.3 is 0 Å². The first kappa shape index (κ1) is 20.8. The topological polar surface area (TPSA) is 18.5 Å². The molecular formula is C25H43BO2. The van der Waals surface area contributed by atoms with Crippen LogP contribution < -0.4 is 0 Å². The maximum atomic E-state index is 5.48. The van der Waals surface area contributed by atoms with Crippen LogP contribution in [-0.4, -0.2) is 20.6 Å². The summed E-state index contributed by atoms with van der Waals surface area (Å²) in [6, 6.07) is 0. The summed E-state index contributed by atoms with van der Waals surface area (Å²) in [6.07, 6.45) is 11.3. The molecule has 3 heteroatoms. The van der Waals surface area contributed by atoms with E-state index >= 15 is 0 Å². The zero-order chi connectivity index (χ0) is 20.3. The fourth-order valence-corrected chi connectivity index (χ4v) is 8.56. The van der Waals surface area contributed by atoms with Gasteiger partial charge in [-0.15, -0.1) is 0 Å². The molecule has 0 unspecified atom stereocenters. The highest BCUT2D eigenvalue weighted by Gasteiger charge is 2.61.